The number of aromatic amines is 2. The van der Waals surface area contributed by atoms with Gasteiger partial charge in [-0.2, -0.15) is 0 Å². The molecule has 13 heteroatoms. The summed E-state index contributed by atoms with van der Waals surface area (Å²) >= 11 is 0. The summed E-state index contributed by atoms with van der Waals surface area (Å²) in [6.07, 6.45) is 4.87. The number of fused-ring (bicyclic) bond motifs is 1. The molecular weight excluding hydrogens is 614 g/mol. The molecule has 4 atom stereocenters. The predicted molar refractivity (Wildman–Crippen MR) is 178 cm³/mol. The molecule has 4 unspecified atom stereocenters. The fourth-order valence-corrected chi connectivity index (χ4v) is 5.41. The molecule has 0 aliphatic carbocycles. The number of carboxylic acids is 1. The highest BCUT2D eigenvalue weighted by atomic mass is 16.4. The van der Waals surface area contributed by atoms with E-state index < -0.39 is 47.9 Å². The van der Waals surface area contributed by atoms with Gasteiger partial charge in [0.15, 0.2) is 0 Å². The molecule has 48 heavy (non-hydrogen) atoms. The van der Waals surface area contributed by atoms with Gasteiger partial charge < -0.3 is 41.9 Å². The molecular formula is C35H37N7O6. The summed E-state index contributed by atoms with van der Waals surface area (Å²) in [6.45, 7) is 0. The highest BCUT2D eigenvalue weighted by Crippen LogP contribution is 2.19. The van der Waals surface area contributed by atoms with E-state index in [1.165, 1.54) is 24.7 Å². The van der Waals surface area contributed by atoms with Crippen LogP contribution in [-0.2, 0) is 44.9 Å². The number of aromatic nitrogens is 3. The number of carbonyl (C=O) groups is 4. The second-order valence-electron chi connectivity index (χ2n) is 11.5. The summed E-state index contributed by atoms with van der Waals surface area (Å²) in [5.74, 6) is -3.23. The molecule has 13 nitrogen and oxygen atoms in total. The summed E-state index contributed by atoms with van der Waals surface area (Å²) in [4.78, 5) is 63.1. The van der Waals surface area contributed by atoms with Gasteiger partial charge in [-0.15, -0.1) is 0 Å². The lowest BCUT2D eigenvalue weighted by atomic mass is 10.0. The SMILES string of the molecule is NC(Cc1ccccc1)C(=O)NC(Cc1cnc[nH]1)C(=O)NC(Cc1ccc(O)cc1)C(=O)NC(Cc1c[nH]c2ccccc12)C(=O)O. The van der Waals surface area contributed by atoms with Crippen LogP contribution in [0, 0.1) is 0 Å². The molecule has 2 aromatic heterocycles. The van der Waals surface area contributed by atoms with Gasteiger partial charge in [-0.3, -0.25) is 14.4 Å². The van der Waals surface area contributed by atoms with E-state index in [1.807, 2.05) is 54.6 Å². The maximum absolute atomic E-state index is 13.8. The molecule has 0 spiro atoms. The Morgan fingerprint density at radius 2 is 1.33 bits per heavy atom. The number of carboxylic acid groups (broad SMARTS) is 1. The number of nitrogens with zero attached hydrogens (tertiary/aromatic N) is 1. The molecule has 2 heterocycles. The molecule has 0 aliphatic heterocycles. The van der Waals surface area contributed by atoms with E-state index >= 15 is 0 Å². The molecule has 0 radical (unpaired) electrons. The van der Waals surface area contributed by atoms with Crippen molar-refractivity contribution in [2.24, 2.45) is 5.73 Å². The Hall–Kier alpha value is -5.95. The molecule has 3 aromatic carbocycles. The molecule has 0 fully saturated rings. The van der Waals surface area contributed by atoms with E-state index in [0.29, 0.717) is 16.8 Å². The zero-order chi connectivity index (χ0) is 34.0. The summed E-state index contributed by atoms with van der Waals surface area (Å²) in [5.41, 5.74) is 9.72. The van der Waals surface area contributed by atoms with Gasteiger partial charge in [0.1, 0.15) is 23.9 Å². The van der Waals surface area contributed by atoms with Gasteiger partial charge in [-0.1, -0.05) is 60.7 Å². The van der Waals surface area contributed by atoms with Gasteiger partial charge in [0, 0.05) is 48.3 Å². The van der Waals surface area contributed by atoms with Crippen LogP contribution in [0.2, 0.25) is 0 Å². The zero-order valence-corrected chi connectivity index (χ0v) is 25.9. The van der Waals surface area contributed by atoms with E-state index in [4.69, 9.17) is 5.73 Å². The average Bonchev–Trinajstić information content (AvgIpc) is 3.75. The zero-order valence-electron chi connectivity index (χ0n) is 25.9. The number of nitrogens with two attached hydrogens (primary N) is 1. The van der Waals surface area contributed by atoms with Crippen molar-refractivity contribution in [1.29, 1.82) is 0 Å². The number of phenolic OH excluding ortho intramolecular Hbond substituents is 1. The van der Waals surface area contributed by atoms with Gasteiger partial charge in [-0.25, -0.2) is 9.78 Å². The first-order chi connectivity index (χ1) is 23.2. The van der Waals surface area contributed by atoms with Gasteiger partial charge in [0.2, 0.25) is 17.7 Å². The number of aromatic hydroxyl groups is 1. The summed E-state index contributed by atoms with van der Waals surface area (Å²) < 4.78 is 0. The van der Waals surface area contributed by atoms with Crippen LogP contribution < -0.4 is 21.7 Å². The Morgan fingerprint density at radius 3 is 2.02 bits per heavy atom. The molecule has 0 saturated heterocycles. The predicted octanol–water partition coefficient (Wildman–Crippen LogP) is 1.73. The van der Waals surface area contributed by atoms with Crippen LogP contribution in [0.15, 0.2) is 97.6 Å². The third-order valence-corrected chi connectivity index (χ3v) is 7.97. The number of hydrogen-bond donors (Lipinski definition) is 8. The first kappa shape index (κ1) is 33.4. The van der Waals surface area contributed by atoms with E-state index in [1.54, 1.807) is 18.3 Å². The van der Waals surface area contributed by atoms with Crippen LogP contribution in [0.3, 0.4) is 0 Å². The largest absolute Gasteiger partial charge is 0.508 e. The van der Waals surface area contributed by atoms with Gasteiger partial charge in [0.05, 0.1) is 12.4 Å². The molecule has 5 rings (SSSR count). The lowest BCUT2D eigenvalue weighted by Crippen LogP contribution is -2.58. The fourth-order valence-electron chi connectivity index (χ4n) is 5.41. The highest BCUT2D eigenvalue weighted by molar-refractivity contribution is 5.94. The summed E-state index contributed by atoms with van der Waals surface area (Å²) in [5, 5.41) is 28.7. The molecule has 9 N–H and O–H groups in total. The molecule has 3 amide bonds. The Kier molecular flexibility index (Phi) is 10.8. The Balaban J connectivity index is 1.35. The van der Waals surface area contributed by atoms with Crippen LogP contribution >= 0.6 is 0 Å². The normalized spacial score (nSPS) is 13.6. The first-order valence-electron chi connectivity index (χ1n) is 15.4. The standard InChI is InChI=1S/C35H37N7O6/c36-27(14-21-6-2-1-3-7-21)32(44)40-30(17-24-19-37-20-39-24)34(46)41-29(15-22-10-12-25(43)13-11-22)33(45)42-31(35(47)48)16-23-18-38-28-9-5-4-8-26(23)28/h1-13,18-20,27,29-31,38,43H,14-17,36H2,(H,37,39)(H,40,44)(H,41,46)(H,42,45)(H,47,48). The average molecular weight is 652 g/mol. The summed E-state index contributed by atoms with van der Waals surface area (Å²) in [7, 11) is 0. The summed E-state index contributed by atoms with van der Waals surface area (Å²) in [6, 6.07) is 18.0. The number of hydrogen-bond acceptors (Lipinski definition) is 7. The second-order valence-corrected chi connectivity index (χ2v) is 11.5. The van der Waals surface area contributed by atoms with Crippen LogP contribution in [0.4, 0.5) is 0 Å². The van der Waals surface area contributed by atoms with Gasteiger partial charge in [-0.05, 0) is 41.3 Å². The highest BCUT2D eigenvalue weighted by Gasteiger charge is 2.31. The Bertz CT molecular complexity index is 1840. The lowest BCUT2D eigenvalue weighted by molar-refractivity contribution is -0.142. The number of benzene rings is 3. The smallest absolute Gasteiger partial charge is 0.326 e. The number of rotatable bonds is 15. The Labute approximate surface area is 276 Å². The minimum Gasteiger partial charge on any atom is -0.508 e. The number of phenols is 1. The molecule has 0 aliphatic rings. The lowest BCUT2D eigenvalue weighted by Gasteiger charge is -2.25. The minimum absolute atomic E-state index is 0.0111. The van der Waals surface area contributed by atoms with Crippen molar-refractivity contribution in [2.75, 3.05) is 0 Å². The number of nitrogens with one attached hydrogen (secondary N) is 5. The van der Waals surface area contributed by atoms with Crippen molar-refractivity contribution in [3.63, 3.8) is 0 Å². The number of H-pyrrole nitrogens is 2. The number of amides is 3. The third-order valence-electron chi connectivity index (χ3n) is 7.97. The number of carbonyl (C=O) groups excluding carboxylic acids is 3. The minimum atomic E-state index is -1.31. The Morgan fingerprint density at radius 1 is 0.708 bits per heavy atom. The van der Waals surface area contributed by atoms with Crippen molar-refractivity contribution in [3.8, 4) is 5.75 Å². The molecule has 0 bridgehead atoms. The van der Waals surface area contributed by atoms with Crippen LogP contribution in [0.5, 0.6) is 5.75 Å². The van der Waals surface area contributed by atoms with Crippen LogP contribution in [0.25, 0.3) is 10.9 Å². The van der Waals surface area contributed by atoms with Crippen molar-refractivity contribution in [1.82, 2.24) is 30.9 Å². The maximum atomic E-state index is 13.8. The van der Waals surface area contributed by atoms with Crippen molar-refractivity contribution in [2.45, 2.75) is 49.9 Å². The second kappa shape index (κ2) is 15.6. The van der Waals surface area contributed by atoms with Crippen molar-refractivity contribution in [3.05, 3.63) is 120 Å². The van der Waals surface area contributed by atoms with Gasteiger partial charge in [0.25, 0.3) is 0 Å². The van der Waals surface area contributed by atoms with Gasteiger partial charge >= 0.3 is 5.97 Å². The van der Waals surface area contributed by atoms with Crippen LogP contribution in [-0.4, -0.2) is 73.0 Å². The number of imidazole rings is 1. The fraction of sp³-hybridized carbons (Fsp3) is 0.229. The first-order valence-corrected chi connectivity index (χ1v) is 15.4. The monoisotopic (exact) mass is 651 g/mol. The van der Waals surface area contributed by atoms with Crippen LogP contribution in [0.1, 0.15) is 22.4 Å². The topological polar surface area (TPSA) is 215 Å². The number of para-hydroxylation sites is 1. The van der Waals surface area contributed by atoms with Crippen molar-refractivity contribution < 1.29 is 29.4 Å². The molecule has 0 saturated carbocycles. The third kappa shape index (κ3) is 8.85. The van der Waals surface area contributed by atoms with E-state index in [-0.39, 0.29) is 31.4 Å². The van der Waals surface area contributed by atoms with Crippen molar-refractivity contribution >= 4 is 34.6 Å². The van der Waals surface area contributed by atoms with E-state index in [9.17, 15) is 29.4 Å². The van der Waals surface area contributed by atoms with E-state index in [2.05, 4.69) is 30.9 Å². The maximum Gasteiger partial charge on any atom is 0.326 e. The molecule has 248 valence electrons. The molecule has 5 aromatic rings. The van der Waals surface area contributed by atoms with E-state index in [0.717, 1.165) is 16.5 Å². The number of aliphatic carboxylic acids is 1. The quantitative estimate of drug-likeness (QED) is 0.0832.